The van der Waals surface area contributed by atoms with Gasteiger partial charge >= 0.3 is 0 Å². The molecule has 1 aromatic carbocycles. The van der Waals surface area contributed by atoms with Gasteiger partial charge in [0.05, 0.1) is 11.5 Å². The zero-order valence-electron chi connectivity index (χ0n) is 13.8. The Kier molecular flexibility index (Phi) is 6.83. The number of ether oxygens (including phenoxy) is 2. The Labute approximate surface area is 138 Å². The predicted octanol–water partition coefficient (Wildman–Crippen LogP) is 1.33. The number of hydrogen-bond donors (Lipinski definition) is 1. The second-order valence-electron chi connectivity index (χ2n) is 5.94. The third-order valence-electron chi connectivity index (χ3n) is 3.97. The summed E-state index contributed by atoms with van der Waals surface area (Å²) >= 11 is 0. The Morgan fingerprint density at radius 3 is 2.65 bits per heavy atom. The first-order valence-electron chi connectivity index (χ1n) is 7.91. The van der Waals surface area contributed by atoms with Crippen LogP contribution < -0.4 is 9.46 Å². The smallest absolute Gasteiger partial charge is 0.240 e. The van der Waals surface area contributed by atoms with Gasteiger partial charge in [-0.1, -0.05) is 0 Å². The van der Waals surface area contributed by atoms with E-state index in [1.54, 1.807) is 31.4 Å². The molecular weight excluding hydrogens is 316 g/mol. The van der Waals surface area contributed by atoms with Crippen LogP contribution in [0.2, 0.25) is 0 Å². The number of nitrogens with zero attached hydrogens (tertiary/aromatic N) is 1. The molecule has 1 heterocycles. The Bertz CT molecular complexity index is 574. The summed E-state index contributed by atoms with van der Waals surface area (Å²) in [5.41, 5.74) is 0. The van der Waals surface area contributed by atoms with Crippen molar-refractivity contribution in [3.63, 3.8) is 0 Å². The highest BCUT2D eigenvalue weighted by molar-refractivity contribution is 7.89. The number of likely N-dealkylation sites (tertiary alicyclic amines) is 1. The van der Waals surface area contributed by atoms with Crippen molar-refractivity contribution >= 4 is 10.0 Å². The van der Waals surface area contributed by atoms with E-state index in [0.717, 1.165) is 25.9 Å². The Morgan fingerprint density at radius 1 is 1.26 bits per heavy atom. The first-order valence-corrected chi connectivity index (χ1v) is 9.39. The van der Waals surface area contributed by atoms with E-state index in [1.807, 2.05) is 0 Å². The third-order valence-corrected chi connectivity index (χ3v) is 5.41. The van der Waals surface area contributed by atoms with Crippen LogP contribution in [-0.4, -0.2) is 60.3 Å². The Morgan fingerprint density at radius 2 is 2.00 bits per heavy atom. The van der Waals surface area contributed by atoms with Gasteiger partial charge in [-0.2, -0.15) is 0 Å². The lowest BCUT2D eigenvalue weighted by Crippen LogP contribution is -2.39. The summed E-state index contributed by atoms with van der Waals surface area (Å²) in [5.74, 6) is 1.01. The molecule has 1 N–H and O–H groups in total. The van der Waals surface area contributed by atoms with E-state index in [-0.39, 0.29) is 4.90 Å². The van der Waals surface area contributed by atoms with Crippen molar-refractivity contribution in [1.29, 1.82) is 0 Å². The maximum Gasteiger partial charge on any atom is 0.240 e. The van der Waals surface area contributed by atoms with E-state index in [0.29, 0.717) is 31.4 Å². The molecule has 7 heteroatoms. The van der Waals surface area contributed by atoms with E-state index < -0.39 is 10.0 Å². The van der Waals surface area contributed by atoms with Crippen LogP contribution in [0.5, 0.6) is 5.75 Å². The lowest BCUT2D eigenvalue weighted by atomic mass is 9.99. The highest BCUT2D eigenvalue weighted by Crippen LogP contribution is 2.18. The van der Waals surface area contributed by atoms with Crippen molar-refractivity contribution in [3.05, 3.63) is 24.3 Å². The fourth-order valence-corrected chi connectivity index (χ4v) is 3.82. The average Bonchev–Trinajstić information content (AvgIpc) is 2.54. The quantitative estimate of drug-likeness (QED) is 0.722. The van der Waals surface area contributed by atoms with Crippen molar-refractivity contribution in [2.45, 2.75) is 17.7 Å². The van der Waals surface area contributed by atoms with Crippen LogP contribution in [0.25, 0.3) is 0 Å². The summed E-state index contributed by atoms with van der Waals surface area (Å²) in [6.45, 7) is 3.45. The summed E-state index contributed by atoms with van der Waals surface area (Å²) in [4.78, 5) is 2.51. The number of methoxy groups -OCH3 is 1. The molecule has 0 amide bonds. The van der Waals surface area contributed by atoms with Gasteiger partial charge in [-0.25, -0.2) is 13.1 Å². The summed E-state index contributed by atoms with van der Waals surface area (Å²) in [6.07, 6.45) is 2.19. The summed E-state index contributed by atoms with van der Waals surface area (Å²) in [6, 6.07) is 6.46. The van der Waals surface area contributed by atoms with Crippen LogP contribution in [0.3, 0.4) is 0 Å². The number of benzene rings is 1. The summed E-state index contributed by atoms with van der Waals surface area (Å²) in [5, 5.41) is 0. The molecule has 0 bridgehead atoms. The molecule has 0 spiro atoms. The van der Waals surface area contributed by atoms with Gasteiger partial charge in [0.15, 0.2) is 0 Å². The van der Waals surface area contributed by atoms with Crippen LogP contribution in [0.1, 0.15) is 12.8 Å². The minimum absolute atomic E-state index is 0.265. The minimum Gasteiger partial charge on any atom is -0.491 e. The molecule has 1 atom stereocenters. The molecular formula is C16H26N2O4S. The molecule has 0 radical (unpaired) electrons. The molecule has 1 unspecified atom stereocenters. The number of rotatable bonds is 8. The fourth-order valence-electron chi connectivity index (χ4n) is 2.71. The zero-order valence-corrected chi connectivity index (χ0v) is 14.6. The van der Waals surface area contributed by atoms with E-state index in [9.17, 15) is 8.42 Å². The van der Waals surface area contributed by atoms with Gasteiger partial charge in [-0.3, -0.25) is 0 Å². The summed E-state index contributed by atoms with van der Waals surface area (Å²) in [7, 11) is 0.210. The van der Waals surface area contributed by atoms with Crippen LogP contribution >= 0.6 is 0 Å². The van der Waals surface area contributed by atoms with Gasteiger partial charge in [-0.15, -0.1) is 0 Å². The van der Waals surface area contributed by atoms with Crippen molar-refractivity contribution in [2.24, 2.45) is 5.92 Å². The SMILES string of the molecule is COCCOc1ccc(S(=O)(=O)NCC2CCCN(C)C2)cc1. The van der Waals surface area contributed by atoms with Crippen molar-refractivity contribution < 1.29 is 17.9 Å². The first-order chi connectivity index (χ1) is 11.0. The minimum atomic E-state index is -3.47. The van der Waals surface area contributed by atoms with Gasteiger partial charge in [0.1, 0.15) is 12.4 Å². The molecule has 1 aromatic rings. The maximum atomic E-state index is 12.3. The number of nitrogens with one attached hydrogen (secondary N) is 1. The molecule has 1 aliphatic rings. The zero-order chi connectivity index (χ0) is 16.7. The second-order valence-corrected chi connectivity index (χ2v) is 7.70. The molecule has 6 nitrogen and oxygen atoms in total. The molecule has 2 rings (SSSR count). The molecule has 0 aliphatic carbocycles. The largest absolute Gasteiger partial charge is 0.491 e. The number of sulfonamides is 1. The van der Waals surface area contributed by atoms with Gasteiger partial charge in [0, 0.05) is 20.2 Å². The van der Waals surface area contributed by atoms with Gasteiger partial charge in [-0.05, 0) is 56.6 Å². The topological polar surface area (TPSA) is 67.9 Å². The van der Waals surface area contributed by atoms with Crippen molar-refractivity contribution in [1.82, 2.24) is 9.62 Å². The van der Waals surface area contributed by atoms with E-state index in [4.69, 9.17) is 9.47 Å². The van der Waals surface area contributed by atoms with Gasteiger partial charge in [0.25, 0.3) is 0 Å². The van der Waals surface area contributed by atoms with Crippen LogP contribution in [-0.2, 0) is 14.8 Å². The van der Waals surface area contributed by atoms with E-state index in [1.165, 1.54) is 0 Å². The molecule has 1 aliphatic heterocycles. The Balaban J connectivity index is 1.88. The van der Waals surface area contributed by atoms with Gasteiger partial charge in [0.2, 0.25) is 10.0 Å². The average molecular weight is 342 g/mol. The normalized spacial score (nSPS) is 19.7. The molecule has 1 fully saturated rings. The molecule has 0 saturated carbocycles. The van der Waals surface area contributed by atoms with Gasteiger partial charge < -0.3 is 14.4 Å². The molecule has 0 aromatic heterocycles. The van der Waals surface area contributed by atoms with Crippen molar-refractivity contribution in [2.75, 3.05) is 47.0 Å². The second kappa shape index (κ2) is 8.63. The van der Waals surface area contributed by atoms with Crippen molar-refractivity contribution in [3.8, 4) is 5.75 Å². The lowest BCUT2D eigenvalue weighted by molar-refractivity contribution is 0.146. The fraction of sp³-hybridized carbons (Fsp3) is 0.625. The van der Waals surface area contributed by atoms with E-state index >= 15 is 0 Å². The van der Waals surface area contributed by atoms with Crippen LogP contribution in [0.4, 0.5) is 0 Å². The summed E-state index contributed by atoms with van der Waals surface area (Å²) < 4.78 is 37.7. The third kappa shape index (κ3) is 5.76. The van der Waals surface area contributed by atoms with Crippen LogP contribution in [0, 0.1) is 5.92 Å². The monoisotopic (exact) mass is 342 g/mol. The lowest BCUT2D eigenvalue weighted by Gasteiger charge is -2.29. The standard InChI is InChI=1S/C16H26N2O4S/c1-18-9-3-4-14(13-18)12-17-23(19,20)16-7-5-15(6-8-16)22-11-10-21-2/h5-8,14,17H,3-4,9-13H2,1-2H3. The van der Waals surface area contributed by atoms with Crippen LogP contribution in [0.15, 0.2) is 29.2 Å². The van der Waals surface area contributed by atoms with E-state index in [2.05, 4.69) is 16.7 Å². The number of hydrogen-bond acceptors (Lipinski definition) is 5. The highest BCUT2D eigenvalue weighted by Gasteiger charge is 2.20. The number of piperidine rings is 1. The molecule has 130 valence electrons. The molecule has 23 heavy (non-hydrogen) atoms. The highest BCUT2D eigenvalue weighted by atomic mass is 32.2. The predicted molar refractivity (Wildman–Crippen MR) is 89.2 cm³/mol. The molecule has 1 saturated heterocycles. The Hall–Kier alpha value is -1.15. The first kappa shape index (κ1) is 18.2. The maximum absolute atomic E-state index is 12.3.